The number of hydrogen-bond donors (Lipinski definition) is 3. The van der Waals surface area contributed by atoms with Crippen molar-refractivity contribution in [2.45, 2.75) is 46.1 Å². The number of nitrogens with one attached hydrogen (secondary N) is 2. The summed E-state index contributed by atoms with van der Waals surface area (Å²) in [5.41, 5.74) is 0.00385. The number of rotatable bonds is 8. The SMILES string of the molecule is CCNC(=NCC(C)(O)c1ccsc1)NCC(CC)CC. The van der Waals surface area contributed by atoms with Crippen molar-refractivity contribution in [1.29, 1.82) is 0 Å². The van der Waals surface area contributed by atoms with Gasteiger partial charge >= 0.3 is 0 Å². The maximum Gasteiger partial charge on any atom is 0.191 e. The van der Waals surface area contributed by atoms with E-state index >= 15 is 0 Å². The topological polar surface area (TPSA) is 56.7 Å². The van der Waals surface area contributed by atoms with E-state index in [1.165, 1.54) is 0 Å². The lowest BCUT2D eigenvalue weighted by Crippen LogP contribution is -2.40. The molecule has 0 amide bonds. The fourth-order valence-electron chi connectivity index (χ4n) is 2.06. The molecular formula is C16H29N3OS. The third kappa shape index (κ3) is 6.06. The monoisotopic (exact) mass is 311 g/mol. The van der Waals surface area contributed by atoms with Crippen molar-refractivity contribution in [3.8, 4) is 0 Å². The van der Waals surface area contributed by atoms with Gasteiger partial charge in [-0.05, 0) is 42.2 Å². The van der Waals surface area contributed by atoms with E-state index in [9.17, 15) is 5.11 Å². The minimum atomic E-state index is -0.919. The molecule has 0 spiro atoms. The molecule has 4 nitrogen and oxygen atoms in total. The first-order valence-corrected chi connectivity index (χ1v) is 8.75. The predicted molar refractivity (Wildman–Crippen MR) is 91.9 cm³/mol. The first-order valence-electron chi connectivity index (χ1n) is 7.80. The van der Waals surface area contributed by atoms with E-state index in [0.29, 0.717) is 12.5 Å². The Morgan fingerprint density at radius 1 is 1.33 bits per heavy atom. The maximum atomic E-state index is 10.5. The minimum absolute atomic E-state index is 0.349. The Balaban J connectivity index is 2.62. The quantitative estimate of drug-likeness (QED) is 0.511. The molecule has 1 aromatic rings. The third-order valence-electron chi connectivity index (χ3n) is 3.75. The fraction of sp³-hybridized carbons (Fsp3) is 0.688. The average Bonchev–Trinajstić information content (AvgIpc) is 3.00. The van der Waals surface area contributed by atoms with Crippen LogP contribution in [0.15, 0.2) is 21.8 Å². The van der Waals surface area contributed by atoms with E-state index in [1.807, 2.05) is 30.7 Å². The summed E-state index contributed by atoms with van der Waals surface area (Å²) in [6.07, 6.45) is 2.32. The van der Waals surface area contributed by atoms with Gasteiger partial charge < -0.3 is 15.7 Å². The molecule has 0 radical (unpaired) electrons. The molecule has 120 valence electrons. The molecule has 3 N–H and O–H groups in total. The molecule has 1 heterocycles. The van der Waals surface area contributed by atoms with Crippen LogP contribution in [0.2, 0.25) is 0 Å². The molecule has 5 heteroatoms. The van der Waals surface area contributed by atoms with Crippen LogP contribution in [-0.2, 0) is 5.60 Å². The number of hydrogen-bond acceptors (Lipinski definition) is 3. The molecule has 0 aliphatic carbocycles. The molecule has 1 aromatic heterocycles. The summed E-state index contributed by atoms with van der Waals surface area (Å²) in [5.74, 6) is 1.44. The van der Waals surface area contributed by atoms with Gasteiger partial charge in [-0.3, -0.25) is 0 Å². The van der Waals surface area contributed by atoms with E-state index in [1.54, 1.807) is 11.3 Å². The van der Waals surface area contributed by atoms with Crippen LogP contribution in [0.1, 0.15) is 46.1 Å². The van der Waals surface area contributed by atoms with Crippen LogP contribution < -0.4 is 10.6 Å². The standard InChI is InChI=1S/C16H29N3OS/c1-5-13(6-2)10-18-15(17-7-3)19-12-16(4,20)14-8-9-21-11-14/h8-9,11,13,20H,5-7,10,12H2,1-4H3,(H2,17,18,19). The number of aliphatic hydroxyl groups is 1. The first kappa shape index (κ1) is 18.0. The van der Waals surface area contributed by atoms with Crippen LogP contribution in [-0.4, -0.2) is 30.7 Å². The Kier molecular flexibility index (Phi) is 7.75. The normalized spacial score (nSPS) is 15.0. The van der Waals surface area contributed by atoms with E-state index < -0.39 is 5.60 Å². The smallest absolute Gasteiger partial charge is 0.191 e. The van der Waals surface area contributed by atoms with Crippen molar-refractivity contribution in [1.82, 2.24) is 10.6 Å². The summed E-state index contributed by atoms with van der Waals surface area (Å²) in [4.78, 5) is 4.53. The molecule has 0 saturated carbocycles. The molecular weight excluding hydrogens is 282 g/mol. The van der Waals surface area contributed by atoms with Gasteiger partial charge in [0.15, 0.2) is 5.96 Å². The molecule has 0 aliphatic rings. The van der Waals surface area contributed by atoms with E-state index in [0.717, 1.165) is 37.5 Å². The number of thiophene rings is 1. The lowest BCUT2D eigenvalue weighted by atomic mass is 10.00. The largest absolute Gasteiger partial charge is 0.383 e. The molecule has 0 aromatic carbocycles. The third-order valence-corrected chi connectivity index (χ3v) is 4.43. The highest BCUT2D eigenvalue weighted by Crippen LogP contribution is 2.23. The maximum absolute atomic E-state index is 10.5. The first-order chi connectivity index (χ1) is 10.0. The number of aliphatic imine (C=N–C) groups is 1. The molecule has 0 saturated heterocycles. The second kappa shape index (κ2) is 9.05. The van der Waals surface area contributed by atoms with Gasteiger partial charge in [-0.15, -0.1) is 0 Å². The molecule has 1 unspecified atom stereocenters. The highest BCUT2D eigenvalue weighted by molar-refractivity contribution is 7.08. The Labute approximate surface area is 132 Å². The van der Waals surface area contributed by atoms with E-state index in [4.69, 9.17) is 0 Å². The van der Waals surface area contributed by atoms with Gasteiger partial charge in [-0.1, -0.05) is 26.7 Å². The average molecular weight is 311 g/mol. The molecule has 1 rings (SSSR count). The highest BCUT2D eigenvalue weighted by Gasteiger charge is 2.23. The van der Waals surface area contributed by atoms with E-state index in [-0.39, 0.29) is 0 Å². The van der Waals surface area contributed by atoms with Gasteiger partial charge in [0.1, 0.15) is 5.60 Å². The number of guanidine groups is 1. The Morgan fingerprint density at radius 3 is 2.57 bits per heavy atom. The Bertz CT molecular complexity index is 411. The van der Waals surface area contributed by atoms with Crippen LogP contribution in [0.25, 0.3) is 0 Å². The molecule has 21 heavy (non-hydrogen) atoms. The lowest BCUT2D eigenvalue weighted by molar-refractivity contribution is 0.0677. The van der Waals surface area contributed by atoms with Gasteiger partial charge in [0, 0.05) is 13.1 Å². The van der Waals surface area contributed by atoms with E-state index in [2.05, 4.69) is 29.5 Å². The summed E-state index contributed by atoms with van der Waals surface area (Å²) in [5, 5.41) is 21.1. The zero-order chi connectivity index (χ0) is 15.7. The summed E-state index contributed by atoms with van der Waals surface area (Å²) in [6.45, 7) is 10.4. The number of nitrogens with zero attached hydrogens (tertiary/aromatic N) is 1. The van der Waals surface area contributed by atoms with Crippen molar-refractivity contribution >= 4 is 17.3 Å². The van der Waals surface area contributed by atoms with Gasteiger partial charge in [-0.2, -0.15) is 11.3 Å². The van der Waals surface area contributed by atoms with Crippen LogP contribution in [0.4, 0.5) is 0 Å². The summed E-state index contributed by atoms with van der Waals surface area (Å²) >= 11 is 1.59. The predicted octanol–water partition coefficient (Wildman–Crippen LogP) is 2.95. The van der Waals surface area contributed by atoms with Crippen LogP contribution in [0.5, 0.6) is 0 Å². The van der Waals surface area contributed by atoms with Crippen molar-refractivity contribution in [2.24, 2.45) is 10.9 Å². The molecule has 0 fully saturated rings. The fourth-order valence-corrected chi connectivity index (χ4v) is 2.84. The zero-order valence-electron chi connectivity index (χ0n) is 13.6. The van der Waals surface area contributed by atoms with Gasteiger partial charge in [0.05, 0.1) is 6.54 Å². The van der Waals surface area contributed by atoms with Crippen LogP contribution in [0.3, 0.4) is 0 Å². The lowest BCUT2D eigenvalue weighted by Gasteiger charge is -2.22. The Hall–Kier alpha value is -1.07. The second-order valence-electron chi connectivity index (χ2n) is 5.54. The zero-order valence-corrected chi connectivity index (χ0v) is 14.5. The Morgan fingerprint density at radius 2 is 2.05 bits per heavy atom. The van der Waals surface area contributed by atoms with Crippen LogP contribution >= 0.6 is 11.3 Å². The highest BCUT2D eigenvalue weighted by atomic mass is 32.1. The van der Waals surface area contributed by atoms with Crippen molar-refractivity contribution in [3.63, 3.8) is 0 Å². The summed E-state index contributed by atoms with van der Waals surface area (Å²) in [7, 11) is 0. The van der Waals surface area contributed by atoms with Gasteiger partial charge in [0.25, 0.3) is 0 Å². The minimum Gasteiger partial charge on any atom is -0.383 e. The molecule has 0 bridgehead atoms. The summed E-state index contributed by atoms with van der Waals surface area (Å²) < 4.78 is 0. The molecule has 1 atom stereocenters. The second-order valence-corrected chi connectivity index (χ2v) is 6.32. The van der Waals surface area contributed by atoms with Crippen molar-refractivity contribution < 1.29 is 5.11 Å². The van der Waals surface area contributed by atoms with Crippen LogP contribution in [0, 0.1) is 5.92 Å². The summed E-state index contributed by atoms with van der Waals surface area (Å²) in [6, 6.07) is 1.95. The van der Waals surface area contributed by atoms with Gasteiger partial charge in [-0.25, -0.2) is 4.99 Å². The molecule has 0 aliphatic heterocycles. The van der Waals surface area contributed by atoms with Crippen molar-refractivity contribution in [2.75, 3.05) is 19.6 Å². The van der Waals surface area contributed by atoms with Gasteiger partial charge in [0.2, 0.25) is 0 Å². The van der Waals surface area contributed by atoms with Crippen molar-refractivity contribution in [3.05, 3.63) is 22.4 Å².